The van der Waals surface area contributed by atoms with Crippen LogP contribution in [0.4, 0.5) is 5.69 Å². The summed E-state index contributed by atoms with van der Waals surface area (Å²) in [5.41, 5.74) is 4.05. The molecule has 0 saturated carbocycles. The Bertz CT molecular complexity index is 1100. The zero-order valence-electron chi connectivity index (χ0n) is 14.2. The van der Waals surface area contributed by atoms with Gasteiger partial charge in [-0.2, -0.15) is 0 Å². The van der Waals surface area contributed by atoms with Gasteiger partial charge in [0.2, 0.25) is 5.91 Å². The molecule has 27 heavy (non-hydrogen) atoms. The molecular formula is C21H15Cl2N3O. The Morgan fingerprint density at radius 2 is 1.78 bits per heavy atom. The molecule has 0 saturated heterocycles. The van der Waals surface area contributed by atoms with Gasteiger partial charge in [-0.15, -0.1) is 0 Å². The molecule has 6 heteroatoms. The molecule has 0 aliphatic carbocycles. The summed E-state index contributed by atoms with van der Waals surface area (Å²) in [4.78, 5) is 20.4. The van der Waals surface area contributed by atoms with Crippen molar-refractivity contribution < 1.29 is 4.79 Å². The minimum absolute atomic E-state index is 0.157. The maximum atomic E-state index is 12.5. The number of hydrogen-bond acceptors (Lipinski definition) is 2. The maximum Gasteiger partial charge on any atom is 0.228 e. The van der Waals surface area contributed by atoms with E-state index in [-0.39, 0.29) is 12.3 Å². The number of rotatable bonds is 4. The number of nitrogens with one attached hydrogen (secondary N) is 2. The molecule has 4 aromatic rings. The minimum Gasteiger partial charge on any atom is -0.338 e. The number of H-pyrrole nitrogens is 1. The number of para-hydroxylation sites is 3. The highest BCUT2D eigenvalue weighted by atomic mass is 35.5. The van der Waals surface area contributed by atoms with E-state index in [2.05, 4.69) is 15.3 Å². The number of aromatic nitrogens is 2. The van der Waals surface area contributed by atoms with Crippen LogP contribution in [0, 0.1) is 0 Å². The van der Waals surface area contributed by atoms with Crippen molar-refractivity contribution in [2.75, 3.05) is 5.32 Å². The minimum atomic E-state index is -0.164. The van der Waals surface area contributed by atoms with E-state index in [9.17, 15) is 4.79 Å². The van der Waals surface area contributed by atoms with Crippen LogP contribution in [0.3, 0.4) is 0 Å². The van der Waals surface area contributed by atoms with E-state index < -0.39 is 0 Å². The van der Waals surface area contributed by atoms with E-state index >= 15 is 0 Å². The van der Waals surface area contributed by atoms with Gasteiger partial charge in [0.25, 0.3) is 0 Å². The predicted octanol–water partition coefficient (Wildman–Crippen LogP) is 5.72. The van der Waals surface area contributed by atoms with Gasteiger partial charge in [0.05, 0.1) is 23.1 Å². The molecule has 2 N–H and O–H groups in total. The standard InChI is InChI=1S/C21H15Cl2N3O/c22-14-10-9-13(16(23)12-14)11-20(27)24-17-6-2-1-5-15(17)21-25-18-7-3-4-8-19(18)26-21/h1-10,12H,11H2,(H,24,27)(H,25,26). The molecule has 1 heterocycles. The Morgan fingerprint density at radius 3 is 2.59 bits per heavy atom. The van der Waals surface area contributed by atoms with Gasteiger partial charge in [0, 0.05) is 15.6 Å². The first-order valence-electron chi connectivity index (χ1n) is 8.38. The number of fused-ring (bicyclic) bond motifs is 1. The Labute approximate surface area is 166 Å². The van der Waals surface area contributed by atoms with Crippen molar-refractivity contribution >= 4 is 45.8 Å². The summed E-state index contributed by atoms with van der Waals surface area (Å²) in [7, 11) is 0. The van der Waals surface area contributed by atoms with Crippen LogP contribution >= 0.6 is 23.2 Å². The lowest BCUT2D eigenvalue weighted by Gasteiger charge is -2.10. The van der Waals surface area contributed by atoms with E-state index in [0.29, 0.717) is 21.6 Å². The third kappa shape index (κ3) is 3.82. The molecule has 0 atom stereocenters. The van der Waals surface area contributed by atoms with Gasteiger partial charge < -0.3 is 10.3 Å². The summed E-state index contributed by atoms with van der Waals surface area (Å²) in [6.07, 6.45) is 0.157. The number of anilines is 1. The van der Waals surface area contributed by atoms with Crippen LogP contribution < -0.4 is 5.32 Å². The molecule has 0 radical (unpaired) electrons. The second kappa shape index (κ2) is 7.43. The number of carbonyl (C=O) groups is 1. The Morgan fingerprint density at radius 1 is 1.00 bits per heavy atom. The monoisotopic (exact) mass is 395 g/mol. The van der Waals surface area contributed by atoms with Gasteiger partial charge in [0.1, 0.15) is 5.82 Å². The lowest BCUT2D eigenvalue weighted by atomic mass is 10.1. The highest BCUT2D eigenvalue weighted by Crippen LogP contribution is 2.28. The van der Waals surface area contributed by atoms with Crippen LogP contribution in [-0.2, 0) is 11.2 Å². The SMILES string of the molecule is O=C(Cc1ccc(Cl)cc1Cl)Nc1ccccc1-c1nc2ccccc2[nH]1. The van der Waals surface area contributed by atoms with Crippen molar-refractivity contribution in [3.8, 4) is 11.4 Å². The smallest absolute Gasteiger partial charge is 0.228 e. The van der Waals surface area contributed by atoms with Gasteiger partial charge in [0.15, 0.2) is 0 Å². The van der Waals surface area contributed by atoms with Gasteiger partial charge in [-0.1, -0.05) is 53.5 Å². The van der Waals surface area contributed by atoms with Crippen LogP contribution in [0.2, 0.25) is 10.0 Å². The quantitative estimate of drug-likeness (QED) is 0.464. The number of imidazole rings is 1. The van der Waals surface area contributed by atoms with E-state index in [4.69, 9.17) is 23.2 Å². The normalized spacial score (nSPS) is 10.9. The summed E-state index contributed by atoms with van der Waals surface area (Å²) < 4.78 is 0. The van der Waals surface area contributed by atoms with Crippen LogP contribution in [0.25, 0.3) is 22.4 Å². The highest BCUT2D eigenvalue weighted by Gasteiger charge is 2.13. The van der Waals surface area contributed by atoms with Gasteiger partial charge >= 0.3 is 0 Å². The Balaban J connectivity index is 1.60. The largest absolute Gasteiger partial charge is 0.338 e. The number of carbonyl (C=O) groups excluding carboxylic acids is 1. The summed E-state index contributed by atoms with van der Waals surface area (Å²) >= 11 is 12.1. The maximum absolute atomic E-state index is 12.5. The van der Waals surface area contributed by atoms with E-state index in [1.807, 2.05) is 48.5 Å². The fourth-order valence-corrected chi connectivity index (χ4v) is 3.39. The van der Waals surface area contributed by atoms with Gasteiger partial charge in [-0.3, -0.25) is 4.79 Å². The van der Waals surface area contributed by atoms with E-state index in [1.165, 1.54) is 0 Å². The molecule has 1 aromatic heterocycles. The van der Waals surface area contributed by atoms with Crippen LogP contribution in [0.15, 0.2) is 66.7 Å². The molecule has 3 aromatic carbocycles. The summed E-state index contributed by atoms with van der Waals surface area (Å²) in [5, 5.41) is 3.97. The van der Waals surface area contributed by atoms with Crippen molar-refractivity contribution in [2.24, 2.45) is 0 Å². The number of amides is 1. The average molecular weight is 396 g/mol. The average Bonchev–Trinajstić information content (AvgIpc) is 3.08. The third-order valence-corrected chi connectivity index (χ3v) is 4.80. The zero-order chi connectivity index (χ0) is 18.8. The molecule has 0 aliphatic rings. The second-order valence-electron chi connectivity index (χ2n) is 6.11. The van der Waals surface area contributed by atoms with Crippen molar-refractivity contribution in [3.05, 3.63) is 82.3 Å². The Hall–Kier alpha value is -2.82. The Kier molecular flexibility index (Phi) is 4.84. The van der Waals surface area contributed by atoms with Crippen LogP contribution in [-0.4, -0.2) is 15.9 Å². The lowest BCUT2D eigenvalue weighted by molar-refractivity contribution is -0.115. The number of aromatic amines is 1. The number of nitrogens with zero attached hydrogens (tertiary/aromatic N) is 1. The fraction of sp³-hybridized carbons (Fsp3) is 0.0476. The highest BCUT2D eigenvalue weighted by molar-refractivity contribution is 6.35. The van der Waals surface area contributed by atoms with Gasteiger partial charge in [-0.25, -0.2) is 4.98 Å². The van der Waals surface area contributed by atoms with Crippen LogP contribution in [0.5, 0.6) is 0 Å². The molecule has 0 fully saturated rings. The third-order valence-electron chi connectivity index (χ3n) is 4.21. The number of halogens is 2. The number of hydrogen-bond donors (Lipinski definition) is 2. The second-order valence-corrected chi connectivity index (χ2v) is 6.95. The molecular weight excluding hydrogens is 381 g/mol. The molecule has 0 unspecified atom stereocenters. The first-order valence-corrected chi connectivity index (χ1v) is 9.14. The van der Waals surface area contributed by atoms with Crippen molar-refractivity contribution in [3.63, 3.8) is 0 Å². The topological polar surface area (TPSA) is 57.8 Å². The molecule has 4 nitrogen and oxygen atoms in total. The molecule has 0 spiro atoms. The molecule has 0 aliphatic heterocycles. The summed E-state index contributed by atoms with van der Waals surface area (Å²) in [6, 6.07) is 20.5. The van der Waals surface area contributed by atoms with Gasteiger partial charge in [-0.05, 0) is 42.0 Å². The first kappa shape index (κ1) is 17.6. The molecule has 134 valence electrons. The lowest BCUT2D eigenvalue weighted by Crippen LogP contribution is -2.15. The molecule has 1 amide bonds. The van der Waals surface area contributed by atoms with Crippen molar-refractivity contribution in [2.45, 2.75) is 6.42 Å². The summed E-state index contributed by atoms with van der Waals surface area (Å²) in [6.45, 7) is 0. The zero-order valence-corrected chi connectivity index (χ0v) is 15.7. The fourth-order valence-electron chi connectivity index (χ4n) is 2.91. The molecule has 0 bridgehead atoms. The van der Waals surface area contributed by atoms with E-state index in [1.54, 1.807) is 18.2 Å². The predicted molar refractivity (Wildman–Crippen MR) is 110 cm³/mol. The summed E-state index contributed by atoms with van der Waals surface area (Å²) in [5.74, 6) is 0.541. The van der Waals surface area contributed by atoms with Crippen molar-refractivity contribution in [1.82, 2.24) is 9.97 Å². The first-order chi connectivity index (χ1) is 13.1. The van der Waals surface area contributed by atoms with E-state index in [0.717, 1.165) is 22.2 Å². The van der Waals surface area contributed by atoms with Crippen molar-refractivity contribution in [1.29, 1.82) is 0 Å². The van der Waals surface area contributed by atoms with Crippen LogP contribution in [0.1, 0.15) is 5.56 Å². The number of benzene rings is 3. The molecule has 4 rings (SSSR count).